The molecule has 0 radical (unpaired) electrons. The first kappa shape index (κ1) is 20.0. The number of benzene rings is 2. The lowest BCUT2D eigenvalue weighted by Gasteiger charge is -2.12. The smallest absolute Gasteiger partial charge is 0.411 e. The van der Waals surface area contributed by atoms with Gasteiger partial charge in [-0.05, 0) is 49.2 Å². The van der Waals surface area contributed by atoms with Crippen molar-refractivity contribution in [1.29, 1.82) is 0 Å². The van der Waals surface area contributed by atoms with Crippen molar-refractivity contribution in [2.75, 3.05) is 23.8 Å². The lowest BCUT2D eigenvalue weighted by atomic mass is 10.2. The van der Waals surface area contributed by atoms with Gasteiger partial charge in [0.05, 0.1) is 17.1 Å². The van der Waals surface area contributed by atoms with E-state index in [-0.39, 0.29) is 22.7 Å². The Kier molecular flexibility index (Phi) is 5.46. The lowest BCUT2D eigenvalue weighted by Crippen LogP contribution is -2.18. The molecule has 2 aromatic carbocycles. The van der Waals surface area contributed by atoms with Gasteiger partial charge in [-0.1, -0.05) is 0 Å². The molecule has 1 atom stereocenters. The topological polar surface area (TPSA) is 143 Å². The Morgan fingerprint density at radius 3 is 2.77 bits per heavy atom. The molecule has 1 aliphatic heterocycles. The van der Waals surface area contributed by atoms with Crippen LogP contribution in [-0.2, 0) is 14.9 Å². The molecular weight excluding hydrogens is 412 g/mol. The summed E-state index contributed by atoms with van der Waals surface area (Å²) in [6.45, 7) is 1.45. The van der Waals surface area contributed by atoms with Crippen molar-refractivity contribution < 1.29 is 27.2 Å². The number of aromatic nitrogens is 2. The molecular formula is C19H20N4O6S. The van der Waals surface area contributed by atoms with Crippen LogP contribution in [0.3, 0.4) is 0 Å². The van der Waals surface area contributed by atoms with Gasteiger partial charge in [-0.15, -0.1) is 0 Å². The number of carbonyl (C=O) groups is 1. The van der Waals surface area contributed by atoms with E-state index in [4.69, 9.17) is 14.0 Å². The molecule has 10 nitrogen and oxygen atoms in total. The summed E-state index contributed by atoms with van der Waals surface area (Å²) in [6.07, 6.45) is 0.993. The molecule has 0 saturated carbocycles. The summed E-state index contributed by atoms with van der Waals surface area (Å²) in [5.74, 6) is 0.109. The third kappa shape index (κ3) is 4.63. The number of H-pyrrole nitrogens is 1. The number of fused-ring (bicyclic) bond motifs is 1. The Morgan fingerprint density at radius 2 is 2.07 bits per heavy atom. The predicted molar refractivity (Wildman–Crippen MR) is 109 cm³/mol. The van der Waals surface area contributed by atoms with E-state index in [1.165, 1.54) is 30.3 Å². The number of carboxylic acid groups (broad SMARTS) is 1. The van der Waals surface area contributed by atoms with Gasteiger partial charge in [0.25, 0.3) is 0 Å². The van der Waals surface area contributed by atoms with Crippen LogP contribution in [0.25, 0.3) is 11.0 Å². The van der Waals surface area contributed by atoms with E-state index in [1.807, 2.05) is 0 Å². The Morgan fingerprint density at radius 1 is 1.27 bits per heavy atom. The zero-order valence-corrected chi connectivity index (χ0v) is 16.6. The SMILES string of the molecule is O=C(O)Nc1nc2ccc(OS(=O)(=O)c3ccc(NCC4CCCO4)cc3)cc2[nH]1. The Balaban J connectivity index is 1.44. The third-order valence-electron chi connectivity index (χ3n) is 4.59. The molecule has 4 N–H and O–H groups in total. The van der Waals surface area contributed by atoms with Crippen molar-refractivity contribution >= 4 is 38.9 Å². The first-order valence-corrected chi connectivity index (χ1v) is 10.7. The molecule has 4 rings (SSSR count). The van der Waals surface area contributed by atoms with E-state index in [9.17, 15) is 13.2 Å². The summed E-state index contributed by atoms with van der Waals surface area (Å²) in [5, 5.41) is 14.1. The summed E-state index contributed by atoms with van der Waals surface area (Å²) in [5.41, 5.74) is 1.69. The highest BCUT2D eigenvalue weighted by atomic mass is 32.2. The molecule has 1 aliphatic rings. The molecule has 0 bridgehead atoms. The standard InChI is InChI=1S/C19H20N4O6S/c24-19(25)23-18-21-16-8-5-13(10-17(16)22-18)29-30(26,27)15-6-3-12(4-7-15)20-11-14-2-1-9-28-14/h3-8,10,14,20H,1-2,9,11H2,(H,24,25)(H2,21,22,23). The van der Waals surface area contributed by atoms with Crippen molar-refractivity contribution in [3.63, 3.8) is 0 Å². The maximum absolute atomic E-state index is 12.6. The highest BCUT2D eigenvalue weighted by molar-refractivity contribution is 7.87. The van der Waals surface area contributed by atoms with Gasteiger partial charge in [-0.3, -0.25) is 5.32 Å². The van der Waals surface area contributed by atoms with Crippen LogP contribution in [-0.4, -0.2) is 48.8 Å². The van der Waals surface area contributed by atoms with E-state index < -0.39 is 16.2 Å². The zero-order valence-electron chi connectivity index (χ0n) is 15.8. The van der Waals surface area contributed by atoms with E-state index in [0.29, 0.717) is 17.6 Å². The monoisotopic (exact) mass is 432 g/mol. The molecule has 158 valence electrons. The highest BCUT2D eigenvalue weighted by Gasteiger charge is 2.18. The number of ether oxygens (including phenoxy) is 1. The fraction of sp³-hybridized carbons (Fsp3) is 0.263. The summed E-state index contributed by atoms with van der Waals surface area (Å²) in [4.78, 5) is 17.5. The molecule has 1 aromatic heterocycles. The maximum Gasteiger partial charge on any atom is 0.411 e. The molecule has 30 heavy (non-hydrogen) atoms. The van der Waals surface area contributed by atoms with Crippen molar-refractivity contribution in [2.45, 2.75) is 23.8 Å². The van der Waals surface area contributed by atoms with Gasteiger partial charge in [-0.2, -0.15) is 8.42 Å². The number of hydrogen-bond acceptors (Lipinski definition) is 7. The number of nitrogens with one attached hydrogen (secondary N) is 3. The van der Waals surface area contributed by atoms with Crippen LogP contribution in [0.15, 0.2) is 47.4 Å². The van der Waals surface area contributed by atoms with Crippen LogP contribution in [0.5, 0.6) is 5.75 Å². The molecule has 0 spiro atoms. The fourth-order valence-electron chi connectivity index (χ4n) is 3.15. The number of nitrogens with zero attached hydrogens (tertiary/aromatic N) is 1. The molecule has 11 heteroatoms. The molecule has 1 unspecified atom stereocenters. The molecule has 1 amide bonds. The van der Waals surface area contributed by atoms with Crippen LogP contribution in [0.4, 0.5) is 16.4 Å². The molecule has 1 fully saturated rings. The normalized spacial score (nSPS) is 16.5. The number of rotatable bonds is 7. The average Bonchev–Trinajstić information content (AvgIpc) is 3.35. The summed E-state index contributed by atoms with van der Waals surface area (Å²) < 4.78 is 35.9. The quantitative estimate of drug-likeness (QED) is 0.417. The van der Waals surface area contributed by atoms with Gasteiger partial charge < -0.3 is 24.3 Å². The predicted octanol–water partition coefficient (Wildman–Crippen LogP) is 3.01. The number of anilines is 2. The van der Waals surface area contributed by atoms with Gasteiger partial charge >= 0.3 is 16.2 Å². The first-order chi connectivity index (χ1) is 14.4. The minimum absolute atomic E-state index is 0.0168. The van der Waals surface area contributed by atoms with E-state index >= 15 is 0 Å². The summed E-state index contributed by atoms with van der Waals surface area (Å²) >= 11 is 0. The van der Waals surface area contributed by atoms with E-state index in [2.05, 4.69) is 20.6 Å². The van der Waals surface area contributed by atoms with Gasteiger partial charge in [0.2, 0.25) is 5.95 Å². The second kappa shape index (κ2) is 8.20. The van der Waals surface area contributed by atoms with Crippen molar-refractivity contribution in [2.24, 2.45) is 0 Å². The Bertz CT molecular complexity index is 1150. The lowest BCUT2D eigenvalue weighted by molar-refractivity contribution is 0.120. The maximum atomic E-state index is 12.6. The molecule has 1 saturated heterocycles. The van der Waals surface area contributed by atoms with Gasteiger partial charge in [0, 0.05) is 24.9 Å². The van der Waals surface area contributed by atoms with Crippen molar-refractivity contribution in [1.82, 2.24) is 9.97 Å². The second-order valence-corrected chi connectivity index (χ2v) is 8.32. The Labute approximate surface area is 172 Å². The Hall–Kier alpha value is -3.31. The van der Waals surface area contributed by atoms with Crippen LogP contribution < -0.4 is 14.8 Å². The zero-order chi connectivity index (χ0) is 21.1. The minimum Gasteiger partial charge on any atom is -0.465 e. The highest BCUT2D eigenvalue weighted by Crippen LogP contribution is 2.25. The average molecular weight is 432 g/mol. The number of hydrogen-bond donors (Lipinski definition) is 4. The second-order valence-electron chi connectivity index (χ2n) is 6.77. The van der Waals surface area contributed by atoms with Crippen molar-refractivity contribution in [3.8, 4) is 5.75 Å². The van der Waals surface area contributed by atoms with Gasteiger partial charge in [-0.25, -0.2) is 9.78 Å². The van der Waals surface area contributed by atoms with Crippen LogP contribution in [0.2, 0.25) is 0 Å². The van der Waals surface area contributed by atoms with Crippen LogP contribution >= 0.6 is 0 Å². The van der Waals surface area contributed by atoms with Gasteiger partial charge in [0.15, 0.2) is 0 Å². The molecule has 3 aromatic rings. The first-order valence-electron chi connectivity index (χ1n) is 9.29. The fourth-order valence-corrected chi connectivity index (χ4v) is 4.07. The number of aromatic amines is 1. The van der Waals surface area contributed by atoms with Crippen LogP contribution in [0.1, 0.15) is 12.8 Å². The number of imidazole rings is 1. The van der Waals surface area contributed by atoms with Crippen molar-refractivity contribution in [3.05, 3.63) is 42.5 Å². The third-order valence-corrected chi connectivity index (χ3v) is 5.85. The minimum atomic E-state index is -4.04. The van der Waals surface area contributed by atoms with Gasteiger partial charge in [0.1, 0.15) is 10.6 Å². The summed E-state index contributed by atoms with van der Waals surface area (Å²) in [7, 11) is -4.04. The van der Waals surface area contributed by atoms with E-state index in [0.717, 1.165) is 25.1 Å². The molecule has 2 heterocycles. The summed E-state index contributed by atoms with van der Waals surface area (Å²) in [6, 6.07) is 10.7. The number of amides is 1. The molecule has 0 aliphatic carbocycles. The largest absolute Gasteiger partial charge is 0.465 e. The van der Waals surface area contributed by atoms with E-state index in [1.54, 1.807) is 12.1 Å². The van der Waals surface area contributed by atoms with Crippen LogP contribution in [0, 0.1) is 0 Å².